The molecule has 94 valence electrons. The molecule has 0 aliphatic carbocycles. The zero-order chi connectivity index (χ0) is 11.9. The second-order valence-electron chi connectivity index (χ2n) is 4.71. The van der Waals surface area contributed by atoms with E-state index in [1.54, 1.807) is 0 Å². The largest absolute Gasteiger partial charge is 0.370 e. The monoisotopic (exact) mass is 233 g/mol. The Morgan fingerprint density at radius 1 is 1.18 bits per heavy atom. The molecule has 0 spiro atoms. The molecule has 2 heterocycles. The Hall–Kier alpha value is -1.25. The Morgan fingerprint density at radius 3 is 2.65 bits per heavy atom. The highest BCUT2D eigenvalue weighted by molar-refractivity contribution is 5.47. The van der Waals surface area contributed by atoms with Gasteiger partial charge in [-0.2, -0.15) is 0 Å². The minimum atomic E-state index is 0.996. The quantitative estimate of drug-likeness (QED) is 0.865. The van der Waals surface area contributed by atoms with Gasteiger partial charge in [-0.25, -0.2) is 4.98 Å². The lowest BCUT2D eigenvalue weighted by Gasteiger charge is -2.21. The van der Waals surface area contributed by atoms with Crippen molar-refractivity contribution in [3.05, 3.63) is 18.2 Å². The van der Waals surface area contributed by atoms with E-state index in [1.807, 2.05) is 0 Å². The van der Waals surface area contributed by atoms with Crippen LogP contribution >= 0.6 is 0 Å². The van der Waals surface area contributed by atoms with Crippen molar-refractivity contribution >= 4 is 11.6 Å². The van der Waals surface area contributed by atoms with Gasteiger partial charge in [0.25, 0.3) is 0 Å². The summed E-state index contributed by atoms with van der Waals surface area (Å²) in [6.45, 7) is 5.48. The molecule has 0 unspecified atom stereocenters. The van der Waals surface area contributed by atoms with Gasteiger partial charge < -0.3 is 10.2 Å². The molecule has 0 bridgehead atoms. The number of rotatable bonds is 4. The average molecular weight is 233 g/mol. The maximum Gasteiger partial charge on any atom is 0.130 e. The van der Waals surface area contributed by atoms with Crippen molar-refractivity contribution in [3.8, 4) is 0 Å². The Morgan fingerprint density at radius 2 is 1.94 bits per heavy atom. The maximum absolute atomic E-state index is 4.69. The Kier molecular flexibility index (Phi) is 4.65. The van der Waals surface area contributed by atoms with Gasteiger partial charge in [-0.05, 0) is 31.4 Å². The number of nitrogens with one attached hydrogen (secondary N) is 1. The van der Waals surface area contributed by atoms with Crippen LogP contribution in [0.3, 0.4) is 0 Å². The summed E-state index contributed by atoms with van der Waals surface area (Å²) in [4.78, 5) is 7.11. The van der Waals surface area contributed by atoms with Gasteiger partial charge in [-0.15, -0.1) is 0 Å². The third kappa shape index (κ3) is 3.62. The van der Waals surface area contributed by atoms with Crippen LogP contribution in [0.5, 0.6) is 0 Å². The normalized spacial score (nSPS) is 16.6. The molecule has 3 heteroatoms. The minimum absolute atomic E-state index is 0.996. The molecule has 3 nitrogen and oxygen atoms in total. The first-order valence-electron chi connectivity index (χ1n) is 6.86. The van der Waals surface area contributed by atoms with Crippen LogP contribution in [-0.4, -0.2) is 24.6 Å². The van der Waals surface area contributed by atoms with E-state index < -0.39 is 0 Å². The van der Waals surface area contributed by atoms with Crippen molar-refractivity contribution in [1.82, 2.24) is 4.98 Å². The summed E-state index contributed by atoms with van der Waals surface area (Å²) in [5.74, 6) is 2.14. The summed E-state index contributed by atoms with van der Waals surface area (Å²) >= 11 is 0. The lowest BCUT2D eigenvalue weighted by atomic mass is 10.2. The summed E-state index contributed by atoms with van der Waals surface area (Å²) in [5, 5.41) is 3.35. The molecule has 0 saturated carbocycles. The van der Waals surface area contributed by atoms with Crippen molar-refractivity contribution in [1.29, 1.82) is 0 Å². The predicted molar refractivity (Wildman–Crippen MR) is 73.7 cm³/mol. The van der Waals surface area contributed by atoms with Crippen LogP contribution in [0, 0.1) is 0 Å². The van der Waals surface area contributed by atoms with Crippen LogP contribution in [0.25, 0.3) is 0 Å². The van der Waals surface area contributed by atoms with Crippen LogP contribution in [0.4, 0.5) is 11.6 Å². The average Bonchev–Trinajstić information content (AvgIpc) is 2.65. The molecule has 0 atom stereocenters. The van der Waals surface area contributed by atoms with E-state index in [1.165, 1.54) is 25.7 Å². The van der Waals surface area contributed by atoms with E-state index in [4.69, 9.17) is 4.98 Å². The summed E-state index contributed by atoms with van der Waals surface area (Å²) in [6.07, 6.45) is 6.47. The number of nitrogens with zero attached hydrogens (tertiary/aromatic N) is 2. The molecule has 0 amide bonds. The first-order chi connectivity index (χ1) is 8.40. The Balaban J connectivity index is 2.03. The van der Waals surface area contributed by atoms with Crippen LogP contribution in [0.1, 0.15) is 39.0 Å². The smallest absolute Gasteiger partial charge is 0.130 e. The molecule has 1 N–H and O–H groups in total. The van der Waals surface area contributed by atoms with Gasteiger partial charge in [0.15, 0.2) is 0 Å². The fraction of sp³-hybridized carbons (Fsp3) is 0.643. The minimum Gasteiger partial charge on any atom is -0.370 e. The van der Waals surface area contributed by atoms with E-state index in [0.717, 1.165) is 37.7 Å². The molecule has 0 aromatic carbocycles. The van der Waals surface area contributed by atoms with Crippen molar-refractivity contribution in [2.24, 2.45) is 0 Å². The number of hydrogen-bond acceptors (Lipinski definition) is 3. The standard InChI is InChI=1S/C14H23N3/c1-2-10-15-13-8-7-9-14(16-13)17-11-5-3-4-6-12-17/h7-9H,2-6,10-12H2,1H3,(H,15,16). The fourth-order valence-electron chi connectivity index (χ4n) is 2.25. The molecule has 2 rings (SSSR count). The third-order valence-electron chi connectivity index (χ3n) is 3.22. The van der Waals surface area contributed by atoms with E-state index >= 15 is 0 Å². The summed E-state index contributed by atoms with van der Waals surface area (Å²) in [7, 11) is 0. The SMILES string of the molecule is CCCNc1cccc(N2CCCCCC2)n1. The molecule has 1 aromatic heterocycles. The molecule has 17 heavy (non-hydrogen) atoms. The van der Waals surface area contributed by atoms with Gasteiger partial charge in [0, 0.05) is 19.6 Å². The number of pyridine rings is 1. The van der Waals surface area contributed by atoms with Crippen LogP contribution in [0.15, 0.2) is 18.2 Å². The van der Waals surface area contributed by atoms with Gasteiger partial charge in [-0.1, -0.05) is 25.8 Å². The Bertz CT molecular complexity index is 330. The van der Waals surface area contributed by atoms with Crippen molar-refractivity contribution in [2.75, 3.05) is 29.9 Å². The molecule has 1 aromatic rings. The van der Waals surface area contributed by atoms with Crippen molar-refractivity contribution in [2.45, 2.75) is 39.0 Å². The van der Waals surface area contributed by atoms with E-state index in [2.05, 4.69) is 35.3 Å². The molecular weight excluding hydrogens is 210 g/mol. The fourth-order valence-corrected chi connectivity index (χ4v) is 2.25. The number of hydrogen-bond donors (Lipinski definition) is 1. The highest BCUT2D eigenvalue weighted by atomic mass is 15.2. The van der Waals surface area contributed by atoms with Crippen molar-refractivity contribution < 1.29 is 0 Å². The maximum atomic E-state index is 4.69. The highest BCUT2D eigenvalue weighted by Gasteiger charge is 2.10. The highest BCUT2D eigenvalue weighted by Crippen LogP contribution is 2.18. The van der Waals surface area contributed by atoms with Gasteiger partial charge in [-0.3, -0.25) is 0 Å². The van der Waals surface area contributed by atoms with Crippen molar-refractivity contribution in [3.63, 3.8) is 0 Å². The number of aromatic nitrogens is 1. The predicted octanol–water partition coefficient (Wildman–Crippen LogP) is 3.28. The van der Waals surface area contributed by atoms with Gasteiger partial charge in [0.1, 0.15) is 11.6 Å². The first kappa shape index (κ1) is 12.2. The lowest BCUT2D eigenvalue weighted by molar-refractivity contribution is 0.726. The first-order valence-corrected chi connectivity index (χ1v) is 6.86. The summed E-state index contributed by atoms with van der Waals surface area (Å²) in [6, 6.07) is 6.28. The topological polar surface area (TPSA) is 28.2 Å². The third-order valence-corrected chi connectivity index (χ3v) is 3.22. The summed E-state index contributed by atoms with van der Waals surface area (Å²) < 4.78 is 0. The second-order valence-corrected chi connectivity index (χ2v) is 4.71. The van der Waals surface area contributed by atoms with Crippen LogP contribution in [0.2, 0.25) is 0 Å². The molecule has 1 fully saturated rings. The van der Waals surface area contributed by atoms with Gasteiger partial charge in [0.05, 0.1) is 0 Å². The molecular formula is C14H23N3. The van der Waals surface area contributed by atoms with Gasteiger partial charge in [0.2, 0.25) is 0 Å². The van der Waals surface area contributed by atoms with E-state index in [-0.39, 0.29) is 0 Å². The lowest BCUT2D eigenvalue weighted by Crippen LogP contribution is -2.25. The molecule has 1 aliphatic rings. The summed E-state index contributed by atoms with van der Waals surface area (Å²) in [5.41, 5.74) is 0. The van der Waals surface area contributed by atoms with Crippen LogP contribution < -0.4 is 10.2 Å². The van der Waals surface area contributed by atoms with Crippen LogP contribution in [-0.2, 0) is 0 Å². The number of anilines is 2. The molecule has 0 radical (unpaired) electrons. The second kappa shape index (κ2) is 6.48. The molecule has 1 saturated heterocycles. The Labute approximate surface area is 104 Å². The van der Waals surface area contributed by atoms with Gasteiger partial charge >= 0.3 is 0 Å². The zero-order valence-electron chi connectivity index (χ0n) is 10.8. The van der Waals surface area contributed by atoms with E-state index in [9.17, 15) is 0 Å². The zero-order valence-corrected chi connectivity index (χ0v) is 10.8. The van der Waals surface area contributed by atoms with E-state index in [0.29, 0.717) is 0 Å². The molecule has 1 aliphatic heterocycles.